The van der Waals surface area contributed by atoms with Gasteiger partial charge in [0.1, 0.15) is 0 Å². The Morgan fingerprint density at radius 2 is 1.50 bits per heavy atom. The van der Waals surface area contributed by atoms with Crippen LogP contribution >= 0.6 is 0 Å². The number of carbonyl (C=O) groups excluding carboxylic acids is 1. The molecule has 0 aliphatic rings. The highest BCUT2D eigenvalue weighted by atomic mass is 32.3. The van der Waals surface area contributed by atoms with Gasteiger partial charge in [-0.25, -0.2) is 16.8 Å². The minimum Gasteiger partial charge on any atom is -0.284 e. The van der Waals surface area contributed by atoms with Crippen LogP contribution in [0.15, 0.2) is 0 Å². The van der Waals surface area contributed by atoms with Crippen molar-refractivity contribution in [2.75, 3.05) is 7.05 Å². The molecule has 0 N–H and O–H groups in total. The van der Waals surface area contributed by atoms with Gasteiger partial charge in [-0.05, 0) is 0 Å². The van der Waals surface area contributed by atoms with Crippen molar-refractivity contribution in [3.8, 4) is 0 Å². The lowest BCUT2D eigenvalue weighted by Gasteiger charge is -2.15. The standard InChI is InChI=1S/C3H4F3NO5S2/c1-7(13(9,10)2-8)14(11,12)3(4,5)6/h2H,1H3. The summed E-state index contributed by atoms with van der Waals surface area (Å²) in [5.74, 6) is 0. The number of halogens is 3. The Labute approximate surface area is 77.4 Å². The first-order valence-corrected chi connectivity index (χ1v) is 5.66. The van der Waals surface area contributed by atoms with Crippen LogP contribution in [0, 0.1) is 0 Å². The topological polar surface area (TPSA) is 88.6 Å². The van der Waals surface area contributed by atoms with Crippen LogP contribution in [0.25, 0.3) is 0 Å². The molecule has 0 saturated carbocycles. The van der Waals surface area contributed by atoms with E-state index in [1.807, 2.05) is 0 Å². The Kier molecular flexibility index (Phi) is 3.30. The molecule has 0 unspecified atom stereocenters. The number of hydrogen-bond donors (Lipinski definition) is 0. The molecule has 11 heteroatoms. The third kappa shape index (κ3) is 2.22. The molecular formula is C3H4F3NO5S2. The van der Waals surface area contributed by atoms with Crippen LogP contribution in [0.3, 0.4) is 0 Å². The van der Waals surface area contributed by atoms with E-state index in [0.717, 1.165) is 0 Å². The Morgan fingerprint density at radius 1 is 1.14 bits per heavy atom. The fourth-order valence-corrected chi connectivity index (χ4v) is 2.21. The second-order valence-electron chi connectivity index (χ2n) is 1.97. The fourth-order valence-electron chi connectivity index (χ4n) is 0.343. The van der Waals surface area contributed by atoms with Gasteiger partial charge in [0.05, 0.1) is 0 Å². The molecule has 0 amide bonds. The summed E-state index contributed by atoms with van der Waals surface area (Å²) >= 11 is 0. The van der Waals surface area contributed by atoms with Crippen molar-refractivity contribution in [2.45, 2.75) is 5.51 Å². The van der Waals surface area contributed by atoms with Crippen LogP contribution in [0.4, 0.5) is 13.2 Å². The lowest BCUT2D eigenvalue weighted by Crippen LogP contribution is -2.41. The van der Waals surface area contributed by atoms with Gasteiger partial charge < -0.3 is 0 Å². The summed E-state index contributed by atoms with van der Waals surface area (Å²) in [5, 5.41) is 0. The molecule has 84 valence electrons. The summed E-state index contributed by atoms with van der Waals surface area (Å²) in [6.45, 7) is 0. The second kappa shape index (κ2) is 3.47. The minimum absolute atomic E-state index is 0.118. The number of nitrogens with zero attached hydrogens (tertiary/aromatic N) is 1. The maximum atomic E-state index is 11.7. The molecule has 0 saturated heterocycles. The van der Waals surface area contributed by atoms with Crippen LogP contribution in [0.5, 0.6) is 0 Å². The summed E-state index contributed by atoms with van der Waals surface area (Å²) in [6, 6.07) is 0. The fraction of sp³-hybridized carbons (Fsp3) is 0.667. The van der Waals surface area contributed by atoms with Gasteiger partial charge in [-0.2, -0.15) is 13.2 Å². The normalized spacial score (nSPS) is 14.4. The van der Waals surface area contributed by atoms with E-state index in [0.29, 0.717) is 0 Å². The molecule has 0 aromatic rings. The summed E-state index contributed by atoms with van der Waals surface area (Å²) < 4.78 is 76.0. The van der Waals surface area contributed by atoms with E-state index in [9.17, 15) is 34.8 Å². The molecule has 0 aliphatic heterocycles. The van der Waals surface area contributed by atoms with Crippen LogP contribution in [0.2, 0.25) is 0 Å². The van der Waals surface area contributed by atoms with E-state index in [1.165, 1.54) is 0 Å². The first-order chi connectivity index (χ1) is 5.97. The van der Waals surface area contributed by atoms with E-state index < -0.39 is 34.9 Å². The van der Waals surface area contributed by atoms with Gasteiger partial charge in [-0.1, -0.05) is 3.71 Å². The molecule has 0 rings (SSSR count). The maximum absolute atomic E-state index is 11.7. The molecule has 6 nitrogen and oxygen atoms in total. The minimum atomic E-state index is -6.03. The summed E-state index contributed by atoms with van der Waals surface area (Å²) in [5.41, 5.74) is -6.66. The Bertz CT molecular complexity index is 420. The van der Waals surface area contributed by atoms with Gasteiger partial charge >= 0.3 is 15.5 Å². The van der Waals surface area contributed by atoms with Crippen LogP contribution in [-0.2, 0) is 24.8 Å². The first kappa shape index (κ1) is 13.3. The summed E-state index contributed by atoms with van der Waals surface area (Å²) in [4.78, 5) is 9.78. The molecule has 0 spiro atoms. The third-order valence-corrected chi connectivity index (χ3v) is 4.54. The summed E-state index contributed by atoms with van der Waals surface area (Å²) in [7, 11) is -11.0. The first-order valence-electron chi connectivity index (χ1n) is 2.72. The van der Waals surface area contributed by atoms with Gasteiger partial charge in [-0.15, -0.1) is 0 Å². The summed E-state index contributed by atoms with van der Waals surface area (Å²) in [6.07, 6.45) is 0. The van der Waals surface area contributed by atoms with E-state index in [2.05, 4.69) is 0 Å². The quantitative estimate of drug-likeness (QED) is 0.621. The highest BCUT2D eigenvalue weighted by molar-refractivity contribution is 8.11. The van der Waals surface area contributed by atoms with Crippen molar-refractivity contribution in [3.05, 3.63) is 0 Å². The van der Waals surface area contributed by atoms with Crippen LogP contribution in [-0.4, -0.2) is 38.7 Å². The SMILES string of the molecule is CN(S(=O)(=O)C=O)S(=O)(=O)C(F)(F)F. The third-order valence-electron chi connectivity index (χ3n) is 1.11. The van der Waals surface area contributed by atoms with Crippen molar-refractivity contribution in [2.24, 2.45) is 0 Å². The number of hydrogen-bond acceptors (Lipinski definition) is 5. The lowest BCUT2D eigenvalue weighted by molar-refractivity contribution is -0.0465. The molecule has 0 atom stereocenters. The van der Waals surface area contributed by atoms with E-state index in [-0.39, 0.29) is 7.05 Å². The van der Waals surface area contributed by atoms with E-state index in [1.54, 1.807) is 0 Å². The molecular weight excluding hydrogens is 251 g/mol. The van der Waals surface area contributed by atoms with Crippen molar-refractivity contribution < 1.29 is 34.8 Å². The van der Waals surface area contributed by atoms with Crippen LogP contribution < -0.4 is 0 Å². The molecule has 0 fully saturated rings. The van der Waals surface area contributed by atoms with Gasteiger partial charge in [0.2, 0.25) is 5.62 Å². The average Bonchev–Trinajstić information content (AvgIpc) is 2.01. The van der Waals surface area contributed by atoms with Crippen molar-refractivity contribution in [1.82, 2.24) is 3.71 Å². The molecule has 14 heavy (non-hydrogen) atoms. The Balaban J connectivity index is 5.50. The number of rotatable bonds is 3. The van der Waals surface area contributed by atoms with Gasteiger partial charge in [-0.3, -0.25) is 4.79 Å². The van der Waals surface area contributed by atoms with Crippen LogP contribution in [0.1, 0.15) is 0 Å². The molecule has 0 bridgehead atoms. The zero-order valence-corrected chi connectivity index (χ0v) is 8.15. The molecule has 0 aliphatic carbocycles. The Hall–Kier alpha value is -0.680. The number of carbonyl (C=O) groups is 1. The lowest BCUT2D eigenvalue weighted by atomic mass is 11.5. The number of alkyl halides is 3. The smallest absolute Gasteiger partial charge is 0.284 e. The second-order valence-corrected chi connectivity index (χ2v) is 5.93. The molecule has 0 aromatic heterocycles. The zero-order valence-electron chi connectivity index (χ0n) is 6.52. The molecule has 0 aromatic carbocycles. The Morgan fingerprint density at radius 3 is 1.71 bits per heavy atom. The maximum Gasteiger partial charge on any atom is 0.512 e. The predicted octanol–water partition coefficient (Wildman–Crippen LogP) is -0.712. The zero-order chi connectivity index (χ0) is 11.8. The van der Waals surface area contributed by atoms with E-state index in [4.69, 9.17) is 0 Å². The average molecular weight is 255 g/mol. The highest BCUT2D eigenvalue weighted by Gasteiger charge is 2.52. The highest BCUT2D eigenvalue weighted by Crippen LogP contribution is 2.27. The van der Waals surface area contributed by atoms with Gasteiger partial charge in [0.15, 0.2) is 0 Å². The monoisotopic (exact) mass is 255 g/mol. The largest absolute Gasteiger partial charge is 0.512 e. The van der Waals surface area contributed by atoms with Gasteiger partial charge in [0, 0.05) is 7.05 Å². The molecule has 0 heterocycles. The number of sulfonamides is 2. The van der Waals surface area contributed by atoms with Crippen molar-refractivity contribution in [3.63, 3.8) is 0 Å². The predicted molar refractivity (Wildman–Crippen MR) is 38.4 cm³/mol. The molecule has 0 radical (unpaired) electrons. The van der Waals surface area contributed by atoms with Crippen molar-refractivity contribution >= 4 is 25.7 Å². The van der Waals surface area contributed by atoms with Gasteiger partial charge in [0.25, 0.3) is 10.0 Å². The van der Waals surface area contributed by atoms with Crippen molar-refractivity contribution in [1.29, 1.82) is 0 Å². The van der Waals surface area contributed by atoms with E-state index >= 15 is 0 Å².